The van der Waals surface area contributed by atoms with Gasteiger partial charge in [0.15, 0.2) is 0 Å². The fraction of sp³-hybridized carbons (Fsp3) is 0.526. The van der Waals surface area contributed by atoms with Gasteiger partial charge in [-0.2, -0.15) is 0 Å². The average molecular weight is 329 g/mol. The zero-order valence-electron chi connectivity index (χ0n) is 14.8. The van der Waals surface area contributed by atoms with E-state index in [1.807, 2.05) is 44.3 Å². The number of urea groups is 1. The predicted octanol–water partition coefficient (Wildman–Crippen LogP) is 3.62. The highest BCUT2D eigenvalue weighted by Crippen LogP contribution is 2.26. The molecule has 1 aliphatic rings. The number of carbonyl (C=O) groups excluding carboxylic acids is 1. The number of fused-ring (bicyclic) bond motifs is 1. The Labute approximate surface area is 143 Å². The van der Waals surface area contributed by atoms with Gasteiger partial charge in [-0.05, 0) is 38.4 Å². The molecule has 0 aliphatic carbocycles. The maximum absolute atomic E-state index is 12.6. The molecule has 1 aromatic carbocycles. The van der Waals surface area contributed by atoms with Crippen molar-refractivity contribution in [3.05, 3.63) is 36.1 Å². The van der Waals surface area contributed by atoms with Crippen molar-refractivity contribution in [2.45, 2.75) is 38.8 Å². The Balaban J connectivity index is 1.60. The van der Waals surface area contributed by atoms with Crippen LogP contribution in [0.3, 0.4) is 0 Å². The van der Waals surface area contributed by atoms with E-state index in [0.717, 1.165) is 49.2 Å². The number of furan rings is 1. The number of para-hydroxylation sites is 1. The molecule has 3 rings (SSSR count). The lowest BCUT2D eigenvalue weighted by atomic mass is 10.1. The molecule has 1 unspecified atom stereocenters. The van der Waals surface area contributed by atoms with E-state index in [-0.39, 0.29) is 18.1 Å². The van der Waals surface area contributed by atoms with E-state index < -0.39 is 0 Å². The molecule has 1 aromatic heterocycles. The Morgan fingerprint density at radius 3 is 2.75 bits per heavy atom. The van der Waals surface area contributed by atoms with Gasteiger partial charge < -0.3 is 19.5 Å². The van der Waals surface area contributed by atoms with Crippen LogP contribution in [-0.2, 0) is 0 Å². The topological polar surface area (TPSA) is 48.7 Å². The van der Waals surface area contributed by atoms with Crippen LogP contribution >= 0.6 is 0 Å². The normalized spacial score (nSPS) is 17.8. The van der Waals surface area contributed by atoms with Crippen LogP contribution in [0, 0.1) is 0 Å². The largest absolute Gasteiger partial charge is 0.459 e. The standard InChI is InChI=1S/C19H27N3O2/c1-4-22-11-9-16(10-12-22)20-19(23)21(3)14(2)18-13-15-7-5-6-8-17(15)24-18/h5-8,13-14,16H,4,9-12H2,1-3H3,(H,20,23). The molecule has 2 amide bonds. The molecular weight excluding hydrogens is 302 g/mol. The second-order valence-electron chi connectivity index (χ2n) is 6.63. The summed E-state index contributed by atoms with van der Waals surface area (Å²) in [4.78, 5) is 16.7. The maximum Gasteiger partial charge on any atom is 0.317 e. The Bertz CT molecular complexity index is 656. The van der Waals surface area contributed by atoms with Gasteiger partial charge in [-0.15, -0.1) is 0 Å². The molecule has 1 atom stereocenters. The molecular formula is C19H27N3O2. The number of hydrogen-bond acceptors (Lipinski definition) is 3. The highest BCUT2D eigenvalue weighted by molar-refractivity contribution is 5.78. The monoisotopic (exact) mass is 329 g/mol. The third-order valence-corrected chi connectivity index (χ3v) is 5.12. The quantitative estimate of drug-likeness (QED) is 0.932. The number of carbonyl (C=O) groups is 1. The summed E-state index contributed by atoms with van der Waals surface area (Å²) in [6.07, 6.45) is 2.04. The zero-order chi connectivity index (χ0) is 17.1. The van der Waals surface area contributed by atoms with Crippen LogP contribution in [-0.4, -0.2) is 48.6 Å². The van der Waals surface area contributed by atoms with Crippen molar-refractivity contribution in [1.82, 2.24) is 15.1 Å². The van der Waals surface area contributed by atoms with Gasteiger partial charge >= 0.3 is 6.03 Å². The number of hydrogen-bond donors (Lipinski definition) is 1. The molecule has 0 bridgehead atoms. The van der Waals surface area contributed by atoms with Crippen molar-refractivity contribution < 1.29 is 9.21 Å². The summed E-state index contributed by atoms with van der Waals surface area (Å²) < 4.78 is 5.89. The molecule has 1 saturated heterocycles. The smallest absolute Gasteiger partial charge is 0.317 e. The Morgan fingerprint density at radius 1 is 1.38 bits per heavy atom. The number of benzene rings is 1. The lowest BCUT2D eigenvalue weighted by Crippen LogP contribution is -2.48. The molecule has 1 fully saturated rings. The van der Waals surface area contributed by atoms with E-state index in [1.54, 1.807) is 4.90 Å². The van der Waals surface area contributed by atoms with Crippen molar-refractivity contribution in [1.29, 1.82) is 0 Å². The maximum atomic E-state index is 12.6. The first-order valence-electron chi connectivity index (χ1n) is 8.82. The number of nitrogens with one attached hydrogen (secondary N) is 1. The van der Waals surface area contributed by atoms with Gasteiger partial charge in [-0.3, -0.25) is 0 Å². The zero-order valence-corrected chi connectivity index (χ0v) is 14.8. The van der Waals surface area contributed by atoms with Gasteiger partial charge in [-0.25, -0.2) is 4.79 Å². The van der Waals surface area contributed by atoms with Crippen LogP contribution in [0.15, 0.2) is 34.7 Å². The van der Waals surface area contributed by atoms with E-state index in [1.165, 1.54) is 0 Å². The number of nitrogens with zero attached hydrogens (tertiary/aromatic N) is 2. The molecule has 5 nitrogen and oxygen atoms in total. The van der Waals surface area contributed by atoms with Gasteiger partial charge in [0.05, 0.1) is 6.04 Å². The second kappa shape index (κ2) is 7.26. The van der Waals surface area contributed by atoms with Gasteiger partial charge in [0, 0.05) is 31.6 Å². The highest BCUT2D eigenvalue weighted by Gasteiger charge is 2.24. The summed E-state index contributed by atoms with van der Waals surface area (Å²) in [7, 11) is 1.83. The lowest BCUT2D eigenvalue weighted by Gasteiger charge is -2.33. The molecule has 1 N–H and O–H groups in total. The third kappa shape index (κ3) is 3.56. The average Bonchev–Trinajstić information content (AvgIpc) is 3.05. The minimum Gasteiger partial charge on any atom is -0.459 e. The van der Waals surface area contributed by atoms with Crippen molar-refractivity contribution in [3.8, 4) is 0 Å². The molecule has 24 heavy (non-hydrogen) atoms. The van der Waals surface area contributed by atoms with E-state index >= 15 is 0 Å². The highest BCUT2D eigenvalue weighted by atomic mass is 16.3. The summed E-state index contributed by atoms with van der Waals surface area (Å²) >= 11 is 0. The van der Waals surface area contributed by atoms with Crippen molar-refractivity contribution in [3.63, 3.8) is 0 Å². The molecule has 2 aromatic rings. The molecule has 5 heteroatoms. The summed E-state index contributed by atoms with van der Waals surface area (Å²) in [5.41, 5.74) is 0.861. The molecule has 0 radical (unpaired) electrons. The number of amides is 2. The van der Waals surface area contributed by atoms with Crippen LogP contribution in [0.1, 0.15) is 38.5 Å². The number of likely N-dealkylation sites (tertiary alicyclic amines) is 1. The van der Waals surface area contributed by atoms with Gasteiger partial charge in [0.25, 0.3) is 0 Å². The fourth-order valence-corrected chi connectivity index (χ4v) is 3.25. The van der Waals surface area contributed by atoms with Crippen molar-refractivity contribution in [2.75, 3.05) is 26.7 Å². The summed E-state index contributed by atoms with van der Waals surface area (Å²) in [6, 6.07) is 10.1. The molecule has 130 valence electrons. The number of piperidine rings is 1. The van der Waals surface area contributed by atoms with Crippen LogP contribution in [0.2, 0.25) is 0 Å². The minimum atomic E-state index is -0.104. The van der Waals surface area contributed by atoms with E-state index in [9.17, 15) is 4.79 Å². The number of rotatable bonds is 4. The molecule has 0 spiro atoms. The van der Waals surface area contributed by atoms with E-state index in [4.69, 9.17) is 4.42 Å². The van der Waals surface area contributed by atoms with Gasteiger partial charge in [0.1, 0.15) is 11.3 Å². The van der Waals surface area contributed by atoms with Crippen molar-refractivity contribution in [2.24, 2.45) is 0 Å². The summed E-state index contributed by atoms with van der Waals surface area (Å²) in [6.45, 7) is 7.39. The fourth-order valence-electron chi connectivity index (χ4n) is 3.25. The van der Waals surface area contributed by atoms with E-state index in [0.29, 0.717) is 0 Å². The van der Waals surface area contributed by atoms with Crippen LogP contribution in [0.5, 0.6) is 0 Å². The van der Waals surface area contributed by atoms with E-state index in [2.05, 4.69) is 17.1 Å². The third-order valence-electron chi connectivity index (χ3n) is 5.12. The first-order chi connectivity index (χ1) is 11.6. The molecule has 1 aliphatic heterocycles. The second-order valence-corrected chi connectivity index (χ2v) is 6.63. The molecule has 2 heterocycles. The first kappa shape index (κ1) is 16.8. The summed E-state index contributed by atoms with van der Waals surface area (Å²) in [5.74, 6) is 0.814. The van der Waals surface area contributed by atoms with Gasteiger partial charge in [-0.1, -0.05) is 25.1 Å². The minimum absolute atomic E-state index is 0.0297. The summed E-state index contributed by atoms with van der Waals surface area (Å²) in [5, 5.41) is 4.24. The SMILES string of the molecule is CCN1CCC(NC(=O)N(C)C(C)c2cc3ccccc3o2)CC1. The van der Waals surface area contributed by atoms with Crippen LogP contribution < -0.4 is 5.32 Å². The van der Waals surface area contributed by atoms with Crippen LogP contribution in [0.25, 0.3) is 11.0 Å². The van der Waals surface area contributed by atoms with Crippen molar-refractivity contribution >= 4 is 17.0 Å². The lowest BCUT2D eigenvalue weighted by molar-refractivity contribution is 0.168. The molecule has 0 saturated carbocycles. The van der Waals surface area contributed by atoms with Gasteiger partial charge in [0.2, 0.25) is 0 Å². The first-order valence-corrected chi connectivity index (χ1v) is 8.82. The predicted molar refractivity (Wildman–Crippen MR) is 96.1 cm³/mol. The Kier molecular flexibility index (Phi) is 5.09. The van der Waals surface area contributed by atoms with Crippen LogP contribution in [0.4, 0.5) is 4.79 Å². The Hall–Kier alpha value is -2.01. The Morgan fingerprint density at radius 2 is 2.08 bits per heavy atom.